The monoisotopic (exact) mass is 374 g/mol. The SMILES string of the molecule is COC1CCN(c2ccc(NC(=O)c3ccccc3Br)cc2)C1. The second-order valence-corrected chi connectivity index (χ2v) is 6.43. The van der Waals surface area contributed by atoms with Crippen LogP contribution in [0.3, 0.4) is 0 Å². The maximum atomic E-state index is 12.3. The highest BCUT2D eigenvalue weighted by molar-refractivity contribution is 9.10. The number of nitrogens with zero attached hydrogens (tertiary/aromatic N) is 1. The first-order chi connectivity index (χ1) is 11.2. The molecule has 0 bridgehead atoms. The van der Waals surface area contributed by atoms with Crippen LogP contribution in [0.15, 0.2) is 53.0 Å². The minimum atomic E-state index is -0.120. The Morgan fingerprint density at radius 2 is 1.96 bits per heavy atom. The Morgan fingerprint density at radius 1 is 1.22 bits per heavy atom. The first-order valence-electron chi connectivity index (χ1n) is 7.61. The van der Waals surface area contributed by atoms with Gasteiger partial charge in [0.25, 0.3) is 5.91 Å². The van der Waals surface area contributed by atoms with Crippen molar-refractivity contribution < 1.29 is 9.53 Å². The molecule has 0 aliphatic carbocycles. The Morgan fingerprint density at radius 3 is 2.61 bits per heavy atom. The fourth-order valence-electron chi connectivity index (χ4n) is 2.75. The zero-order valence-electron chi connectivity index (χ0n) is 13.0. The molecule has 2 aromatic rings. The summed E-state index contributed by atoms with van der Waals surface area (Å²) < 4.78 is 6.18. The molecule has 1 atom stereocenters. The summed E-state index contributed by atoms with van der Waals surface area (Å²) in [5.41, 5.74) is 2.57. The van der Waals surface area contributed by atoms with Crippen molar-refractivity contribution in [3.63, 3.8) is 0 Å². The van der Waals surface area contributed by atoms with Gasteiger partial charge >= 0.3 is 0 Å². The molecule has 0 saturated carbocycles. The third kappa shape index (κ3) is 3.74. The number of hydrogen-bond acceptors (Lipinski definition) is 3. The van der Waals surface area contributed by atoms with Gasteiger partial charge in [0.1, 0.15) is 0 Å². The molecule has 1 saturated heterocycles. The molecule has 1 N–H and O–H groups in total. The second kappa shape index (κ2) is 7.15. The first kappa shape index (κ1) is 16.0. The third-order valence-corrected chi connectivity index (χ3v) is 4.78. The van der Waals surface area contributed by atoms with Gasteiger partial charge in [0.15, 0.2) is 0 Å². The van der Waals surface area contributed by atoms with Gasteiger partial charge < -0.3 is 15.0 Å². The van der Waals surface area contributed by atoms with Crippen LogP contribution in [0, 0.1) is 0 Å². The standard InChI is InChI=1S/C18H19BrN2O2/c1-23-15-10-11-21(12-15)14-8-6-13(7-9-14)20-18(22)16-4-2-3-5-17(16)19/h2-9,15H,10-12H2,1H3,(H,20,22). The van der Waals surface area contributed by atoms with Crippen molar-refractivity contribution in [2.75, 3.05) is 30.4 Å². The molecule has 1 fully saturated rings. The average molecular weight is 375 g/mol. The summed E-state index contributed by atoms with van der Waals surface area (Å²) in [4.78, 5) is 14.6. The Hall–Kier alpha value is -1.85. The van der Waals surface area contributed by atoms with E-state index in [1.165, 1.54) is 0 Å². The number of halogens is 1. The zero-order valence-corrected chi connectivity index (χ0v) is 14.5. The molecular formula is C18H19BrN2O2. The van der Waals surface area contributed by atoms with Crippen molar-refractivity contribution in [3.05, 3.63) is 58.6 Å². The number of benzene rings is 2. The Bertz CT molecular complexity index is 688. The summed E-state index contributed by atoms with van der Waals surface area (Å²) in [6, 6.07) is 15.3. The Balaban J connectivity index is 1.66. The molecule has 1 amide bonds. The lowest BCUT2D eigenvalue weighted by molar-refractivity contribution is 0.102. The second-order valence-electron chi connectivity index (χ2n) is 5.57. The minimum absolute atomic E-state index is 0.120. The van der Waals surface area contributed by atoms with E-state index in [2.05, 4.69) is 26.1 Å². The topological polar surface area (TPSA) is 41.6 Å². The number of carbonyl (C=O) groups excluding carboxylic acids is 1. The molecule has 0 spiro atoms. The number of carbonyl (C=O) groups is 1. The van der Waals surface area contributed by atoms with Crippen molar-refractivity contribution >= 4 is 33.2 Å². The lowest BCUT2D eigenvalue weighted by Crippen LogP contribution is -2.22. The number of hydrogen-bond donors (Lipinski definition) is 1. The van der Waals surface area contributed by atoms with Gasteiger partial charge in [-0.15, -0.1) is 0 Å². The van der Waals surface area contributed by atoms with Crippen LogP contribution in [-0.4, -0.2) is 32.2 Å². The van der Waals surface area contributed by atoms with E-state index >= 15 is 0 Å². The van der Waals surface area contributed by atoms with E-state index in [1.807, 2.05) is 42.5 Å². The zero-order chi connectivity index (χ0) is 16.2. The highest BCUT2D eigenvalue weighted by Gasteiger charge is 2.22. The van der Waals surface area contributed by atoms with E-state index in [1.54, 1.807) is 13.2 Å². The number of methoxy groups -OCH3 is 1. The van der Waals surface area contributed by atoms with Crippen LogP contribution >= 0.6 is 15.9 Å². The number of anilines is 2. The van der Waals surface area contributed by atoms with Gasteiger partial charge in [0, 0.05) is 36.0 Å². The van der Waals surface area contributed by atoms with Gasteiger partial charge in [0.2, 0.25) is 0 Å². The molecule has 1 aliphatic rings. The van der Waals surface area contributed by atoms with Gasteiger partial charge in [-0.3, -0.25) is 4.79 Å². The maximum absolute atomic E-state index is 12.3. The van der Waals surface area contributed by atoms with Gasteiger partial charge in [-0.05, 0) is 58.7 Å². The summed E-state index contributed by atoms with van der Waals surface area (Å²) in [6.07, 6.45) is 1.36. The van der Waals surface area contributed by atoms with Crippen LogP contribution in [0.25, 0.3) is 0 Å². The van der Waals surface area contributed by atoms with Crippen molar-refractivity contribution in [2.45, 2.75) is 12.5 Å². The summed E-state index contributed by atoms with van der Waals surface area (Å²) in [5.74, 6) is -0.120. The molecule has 1 aliphatic heterocycles. The average Bonchev–Trinajstić information content (AvgIpc) is 3.05. The van der Waals surface area contributed by atoms with E-state index in [0.29, 0.717) is 11.7 Å². The van der Waals surface area contributed by atoms with Crippen LogP contribution in [0.5, 0.6) is 0 Å². The van der Waals surface area contributed by atoms with E-state index in [9.17, 15) is 4.79 Å². The largest absolute Gasteiger partial charge is 0.380 e. The number of amides is 1. The molecule has 4 nitrogen and oxygen atoms in total. The normalized spacial score (nSPS) is 17.3. The molecule has 1 heterocycles. The highest BCUT2D eigenvalue weighted by atomic mass is 79.9. The van der Waals surface area contributed by atoms with Crippen molar-refractivity contribution in [2.24, 2.45) is 0 Å². The van der Waals surface area contributed by atoms with E-state index in [-0.39, 0.29) is 5.91 Å². The lowest BCUT2D eigenvalue weighted by atomic mass is 10.2. The summed E-state index contributed by atoms with van der Waals surface area (Å²) in [7, 11) is 1.76. The van der Waals surface area contributed by atoms with Crippen LogP contribution in [-0.2, 0) is 4.74 Å². The highest BCUT2D eigenvalue weighted by Crippen LogP contribution is 2.24. The molecule has 3 rings (SSSR count). The fourth-order valence-corrected chi connectivity index (χ4v) is 3.22. The summed E-state index contributed by atoms with van der Waals surface area (Å²) in [5, 5.41) is 2.92. The number of nitrogens with one attached hydrogen (secondary N) is 1. The van der Waals surface area contributed by atoms with Crippen LogP contribution in [0.2, 0.25) is 0 Å². The fraction of sp³-hybridized carbons (Fsp3) is 0.278. The molecule has 5 heteroatoms. The van der Waals surface area contributed by atoms with Crippen molar-refractivity contribution in [1.29, 1.82) is 0 Å². The molecule has 0 radical (unpaired) electrons. The van der Waals surface area contributed by atoms with E-state index in [0.717, 1.165) is 35.4 Å². The van der Waals surface area contributed by atoms with E-state index < -0.39 is 0 Å². The van der Waals surface area contributed by atoms with Gasteiger partial charge in [0.05, 0.1) is 11.7 Å². The summed E-state index contributed by atoms with van der Waals surface area (Å²) in [6.45, 7) is 1.92. The quantitative estimate of drug-likeness (QED) is 0.881. The van der Waals surface area contributed by atoms with E-state index in [4.69, 9.17) is 4.74 Å². The van der Waals surface area contributed by atoms with Gasteiger partial charge in [-0.25, -0.2) is 0 Å². The molecule has 1 unspecified atom stereocenters. The maximum Gasteiger partial charge on any atom is 0.256 e. The lowest BCUT2D eigenvalue weighted by Gasteiger charge is -2.18. The molecule has 23 heavy (non-hydrogen) atoms. The molecule has 120 valence electrons. The number of ether oxygens (including phenoxy) is 1. The Kier molecular flexibility index (Phi) is 4.98. The smallest absolute Gasteiger partial charge is 0.256 e. The predicted molar refractivity (Wildman–Crippen MR) is 96.2 cm³/mol. The number of rotatable bonds is 4. The third-order valence-electron chi connectivity index (χ3n) is 4.09. The van der Waals surface area contributed by atoms with Crippen LogP contribution in [0.4, 0.5) is 11.4 Å². The molecular weight excluding hydrogens is 356 g/mol. The van der Waals surface area contributed by atoms with Crippen LogP contribution in [0.1, 0.15) is 16.8 Å². The molecule has 2 aromatic carbocycles. The Labute approximate surface area is 144 Å². The van der Waals surface area contributed by atoms with Crippen molar-refractivity contribution in [3.8, 4) is 0 Å². The predicted octanol–water partition coefficient (Wildman–Crippen LogP) is 3.93. The molecule has 0 aromatic heterocycles. The summed E-state index contributed by atoms with van der Waals surface area (Å²) >= 11 is 3.40. The van der Waals surface area contributed by atoms with Gasteiger partial charge in [-0.2, -0.15) is 0 Å². The first-order valence-corrected chi connectivity index (χ1v) is 8.40. The van der Waals surface area contributed by atoms with Gasteiger partial charge in [-0.1, -0.05) is 12.1 Å². The van der Waals surface area contributed by atoms with Crippen molar-refractivity contribution in [1.82, 2.24) is 0 Å². The van der Waals surface area contributed by atoms with Crippen LogP contribution < -0.4 is 10.2 Å². The minimum Gasteiger partial charge on any atom is -0.380 e.